The zero-order valence-corrected chi connectivity index (χ0v) is 9.01. The van der Waals surface area contributed by atoms with E-state index in [4.69, 9.17) is 0 Å². The number of hydrogen-bond acceptors (Lipinski definition) is 0. The fourth-order valence-corrected chi connectivity index (χ4v) is 1.68. The molecule has 2 rings (SSSR count). The molecule has 0 bridgehead atoms. The zero-order valence-electron chi connectivity index (χ0n) is 7.42. The SMILES string of the molecule is CC(Br)c1ccc2c[c]ccc2c1. The second kappa shape index (κ2) is 3.51. The maximum Gasteiger partial charge on any atom is 0.0367 e. The van der Waals surface area contributed by atoms with E-state index in [9.17, 15) is 0 Å². The van der Waals surface area contributed by atoms with E-state index < -0.39 is 0 Å². The van der Waals surface area contributed by atoms with Crippen molar-refractivity contribution in [1.29, 1.82) is 0 Å². The molecule has 2 aromatic carbocycles. The monoisotopic (exact) mass is 233 g/mol. The van der Waals surface area contributed by atoms with Crippen LogP contribution in [-0.2, 0) is 0 Å². The van der Waals surface area contributed by atoms with Crippen LogP contribution in [0.2, 0.25) is 0 Å². The van der Waals surface area contributed by atoms with Crippen LogP contribution in [-0.4, -0.2) is 0 Å². The predicted molar refractivity (Wildman–Crippen MR) is 60.1 cm³/mol. The third-order valence-electron chi connectivity index (χ3n) is 2.17. The molecule has 2 aromatic rings. The third-order valence-corrected chi connectivity index (χ3v) is 2.70. The van der Waals surface area contributed by atoms with E-state index in [0.29, 0.717) is 4.83 Å². The van der Waals surface area contributed by atoms with Crippen molar-refractivity contribution in [3.8, 4) is 0 Å². The van der Waals surface area contributed by atoms with Gasteiger partial charge in [-0.25, -0.2) is 0 Å². The largest absolute Gasteiger partial charge is 0.0842 e. The molecule has 65 valence electrons. The average Bonchev–Trinajstić information content (AvgIpc) is 2.17. The van der Waals surface area contributed by atoms with Gasteiger partial charge in [0, 0.05) is 4.83 Å². The highest BCUT2D eigenvalue weighted by molar-refractivity contribution is 9.09. The van der Waals surface area contributed by atoms with E-state index in [2.05, 4.69) is 53.2 Å². The smallest absolute Gasteiger partial charge is 0.0367 e. The number of fused-ring (bicyclic) bond motifs is 1. The minimum Gasteiger partial charge on any atom is -0.0842 e. The molecule has 0 aliphatic heterocycles. The van der Waals surface area contributed by atoms with E-state index in [1.165, 1.54) is 16.3 Å². The Labute approximate surface area is 86.7 Å². The first kappa shape index (κ1) is 8.76. The average molecular weight is 234 g/mol. The van der Waals surface area contributed by atoms with Gasteiger partial charge in [0.25, 0.3) is 0 Å². The van der Waals surface area contributed by atoms with Gasteiger partial charge in [0.05, 0.1) is 0 Å². The number of halogens is 1. The molecule has 0 amide bonds. The molecule has 1 heteroatoms. The topological polar surface area (TPSA) is 0 Å². The van der Waals surface area contributed by atoms with Crippen LogP contribution in [0.5, 0.6) is 0 Å². The van der Waals surface area contributed by atoms with E-state index in [1.54, 1.807) is 0 Å². The first-order chi connectivity index (χ1) is 6.27. The van der Waals surface area contributed by atoms with Crippen molar-refractivity contribution in [2.45, 2.75) is 11.8 Å². The maximum absolute atomic E-state index is 3.56. The van der Waals surface area contributed by atoms with Crippen LogP contribution in [0.4, 0.5) is 0 Å². The van der Waals surface area contributed by atoms with Crippen LogP contribution in [0.3, 0.4) is 0 Å². The van der Waals surface area contributed by atoms with Gasteiger partial charge in [-0.2, -0.15) is 0 Å². The number of alkyl halides is 1. The Kier molecular flexibility index (Phi) is 2.36. The molecule has 1 unspecified atom stereocenters. The van der Waals surface area contributed by atoms with Gasteiger partial charge in [-0.1, -0.05) is 46.3 Å². The normalized spacial score (nSPS) is 13.1. The quantitative estimate of drug-likeness (QED) is 0.651. The van der Waals surface area contributed by atoms with Crippen molar-refractivity contribution in [3.63, 3.8) is 0 Å². The van der Waals surface area contributed by atoms with Crippen molar-refractivity contribution in [2.75, 3.05) is 0 Å². The van der Waals surface area contributed by atoms with Crippen molar-refractivity contribution < 1.29 is 0 Å². The summed E-state index contributed by atoms with van der Waals surface area (Å²) in [7, 11) is 0. The van der Waals surface area contributed by atoms with Gasteiger partial charge in [0.2, 0.25) is 0 Å². The van der Waals surface area contributed by atoms with Crippen molar-refractivity contribution >= 4 is 26.7 Å². The van der Waals surface area contributed by atoms with E-state index in [-0.39, 0.29) is 0 Å². The summed E-state index contributed by atoms with van der Waals surface area (Å²) in [6.45, 7) is 2.14. The summed E-state index contributed by atoms with van der Waals surface area (Å²) in [5, 5.41) is 2.53. The van der Waals surface area contributed by atoms with E-state index in [1.807, 2.05) is 12.1 Å². The molecule has 1 atom stereocenters. The Morgan fingerprint density at radius 1 is 1.23 bits per heavy atom. The summed E-state index contributed by atoms with van der Waals surface area (Å²) < 4.78 is 0. The van der Waals surface area contributed by atoms with Gasteiger partial charge in [0.15, 0.2) is 0 Å². The standard InChI is InChI=1S/C12H10Br/c1-9(13)11-7-6-10-4-2-3-5-12(10)8-11/h3-9H,1H3. The molecule has 1 radical (unpaired) electrons. The van der Waals surface area contributed by atoms with E-state index in [0.717, 1.165) is 0 Å². The highest BCUT2D eigenvalue weighted by atomic mass is 79.9. The van der Waals surface area contributed by atoms with Gasteiger partial charge < -0.3 is 0 Å². The molecule has 0 fully saturated rings. The molecule has 0 aromatic heterocycles. The first-order valence-electron chi connectivity index (χ1n) is 4.31. The van der Waals surface area contributed by atoms with Gasteiger partial charge in [-0.3, -0.25) is 0 Å². The lowest BCUT2D eigenvalue weighted by atomic mass is 10.1. The fourth-order valence-electron chi connectivity index (χ4n) is 1.39. The summed E-state index contributed by atoms with van der Waals surface area (Å²) in [5.74, 6) is 0. The zero-order chi connectivity index (χ0) is 9.26. The summed E-state index contributed by atoms with van der Waals surface area (Å²) in [5.41, 5.74) is 1.32. The molecule has 13 heavy (non-hydrogen) atoms. The maximum atomic E-state index is 3.56. The van der Waals surface area contributed by atoms with Gasteiger partial charge in [0.1, 0.15) is 0 Å². The van der Waals surface area contributed by atoms with Crippen LogP contribution >= 0.6 is 15.9 Å². The number of benzene rings is 2. The minimum atomic E-state index is 0.418. The molecule has 0 nitrogen and oxygen atoms in total. The summed E-state index contributed by atoms with van der Waals surface area (Å²) in [4.78, 5) is 0.418. The molecule has 0 heterocycles. The lowest BCUT2D eigenvalue weighted by molar-refractivity contribution is 1.13. The van der Waals surface area contributed by atoms with Crippen LogP contribution in [0.1, 0.15) is 17.3 Å². The van der Waals surface area contributed by atoms with Crippen molar-refractivity contribution in [2.24, 2.45) is 0 Å². The highest BCUT2D eigenvalue weighted by Crippen LogP contribution is 2.25. The summed E-state index contributed by atoms with van der Waals surface area (Å²) in [6.07, 6.45) is 0. The molecule has 0 saturated carbocycles. The summed E-state index contributed by atoms with van der Waals surface area (Å²) in [6, 6.07) is 15.6. The van der Waals surface area contributed by atoms with Crippen molar-refractivity contribution in [1.82, 2.24) is 0 Å². The van der Waals surface area contributed by atoms with Crippen LogP contribution in [0.25, 0.3) is 10.8 Å². The Bertz CT molecular complexity index is 418. The minimum absolute atomic E-state index is 0.418. The molecule has 0 saturated heterocycles. The lowest BCUT2D eigenvalue weighted by Crippen LogP contribution is -1.82. The van der Waals surface area contributed by atoms with E-state index >= 15 is 0 Å². The Hall–Kier alpha value is -0.820. The summed E-state index contributed by atoms with van der Waals surface area (Å²) >= 11 is 3.56. The number of rotatable bonds is 1. The Morgan fingerprint density at radius 3 is 2.85 bits per heavy atom. The molecule has 0 aliphatic carbocycles. The molecule has 0 spiro atoms. The second-order valence-corrected chi connectivity index (χ2v) is 4.52. The van der Waals surface area contributed by atoms with Gasteiger partial charge >= 0.3 is 0 Å². The Balaban J connectivity index is 2.62. The van der Waals surface area contributed by atoms with Crippen LogP contribution < -0.4 is 0 Å². The molecular formula is C12H10Br. The lowest BCUT2D eigenvalue weighted by Gasteiger charge is -2.04. The second-order valence-electron chi connectivity index (χ2n) is 3.15. The van der Waals surface area contributed by atoms with Crippen LogP contribution in [0.15, 0.2) is 36.4 Å². The Morgan fingerprint density at radius 2 is 2.08 bits per heavy atom. The fraction of sp³-hybridized carbons (Fsp3) is 0.167. The highest BCUT2D eigenvalue weighted by Gasteiger charge is 2.00. The number of hydrogen-bond donors (Lipinski definition) is 0. The van der Waals surface area contributed by atoms with Crippen LogP contribution in [0, 0.1) is 6.07 Å². The van der Waals surface area contributed by atoms with Gasteiger partial charge in [-0.05, 0) is 35.4 Å². The predicted octanol–water partition coefficient (Wildman–Crippen LogP) is 4.10. The molecular weight excluding hydrogens is 224 g/mol. The molecule has 0 aliphatic rings. The molecule has 0 N–H and O–H groups in total. The first-order valence-corrected chi connectivity index (χ1v) is 5.23. The van der Waals surface area contributed by atoms with Gasteiger partial charge in [-0.15, -0.1) is 0 Å². The van der Waals surface area contributed by atoms with Crippen molar-refractivity contribution in [3.05, 3.63) is 48.0 Å². The third kappa shape index (κ3) is 1.75.